The second kappa shape index (κ2) is 5.32. The molecule has 2 aromatic carbocycles. The van der Waals surface area contributed by atoms with Crippen LogP contribution in [0.25, 0.3) is 22.0 Å². The van der Waals surface area contributed by atoms with Gasteiger partial charge in [-0.1, -0.05) is 36.4 Å². The van der Waals surface area contributed by atoms with Gasteiger partial charge in [-0.25, -0.2) is 4.68 Å². The van der Waals surface area contributed by atoms with E-state index in [0.29, 0.717) is 5.69 Å². The number of carbonyl (C=O) groups is 1. The van der Waals surface area contributed by atoms with Crippen LogP contribution in [0.3, 0.4) is 0 Å². The number of aromatic nitrogens is 2. The zero-order valence-electron chi connectivity index (χ0n) is 11.6. The van der Waals surface area contributed by atoms with Gasteiger partial charge < -0.3 is 0 Å². The third-order valence-electron chi connectivity index (χ3n) is 3.28. The molecule has 4 heteroatoms. The van der Waals surface area contributed by atoms with Crippen LogP contribution < -0.4 is 5.56 Å². The van der Waals surface area contributed by atoms with E-state index >= 15 is 0 Å². The molecule has 3 aromatic rings. The van der Waals surface area contributed by atoms with Crippen molar-refractivity contribution in [2.45, 2.75) is 13.5 Å². The van der Waals surface area contributed by atoms with Crippen LogP contribution in [0.15, 0.2) is 59.4 Å². The van der Waals surface area contributed by atoms with E-state index in [0.717, 1.165) is 16.3 Å². The molecule has 0 aliphatic heterocycles. The monoisotopic (exact) mass is 278 g/mol. The number of hydrogen-bond acceptors (Lipinski definition) is 3. The van der Waals surface area contributed by atoms with E-state index in [1.54, 1.807) is 6.07 Å². The van der Waals surface area contributed by atoms with Crippen LogP contribution >= 0.6 is 0 Å². The smallest absolute Gasteiger partial charge is 0.267 e. The number of hydrogen-bond donors (Lipinski definition) is 0. The van der Waals surface area contributed by atoms with Crippen molar-refractivity contribution in [3.05, 3.63) is 65.0 Å². The Bertz CT molecular complexity index is 881. The third-order valence-corrected chi connectivity index (χ3v) is 3.28. The lowest BCUT2D eigenvalue weighted by molar-refractivity contribution is -0.117. The zero-order chi connectivity index (χ0) is 14.8. The topological polar surface area (TPSA) is 52.0 Å². The van der Waals surface area contributed by atoms with E-state index in [-0.39, 0.29) is 17.9 Å². The van der Waals surface area contributed by atoms with Crippen molar-refractivity contribution in [3.8, 4) is 11.3 Å². The summed E-state index contributed by atoms with van der Waals surface area (Å²) in [6.45, 7) is 1.44. The highest BCUT2D eigenvalue weighted by Gasteiger charge is 2.06. The van der Waals surface area contributed by atoms with Gasteiger partial charge in [-0.2, -0.15) is 5.10 Å². The fraction of sp³-hybridized carbons (Fsp3) is 0.118. The molecule has 0 unspecified atom stereocenters. The van der Waals surface area contributed by atoms with Gasteiger partial charge in [0.15, 0.2) is 5.78 Å². The minimum Gasteiger partial charge on any atom is -0.298 e. The molecule has 0 aliphatic carbocycles. The van der Waals surface area contributed by atoms with E-state index in [1.165, 1.54) is 17.7 Å². The molecule has 4 nitrogen and oxygen atoms in total. The second-order valence-electron chi connectivity index (χ2n) is 4.98. The van der Waals surface area contributed by atoms with Crippen molar-refractivity contribution >= 4 is 16.6 Å². The molecule has 0 saturated carbocycles. The van der Waals surface area contributed by atoms with Crippen LogP contribution in [-0.2, 0) is 11.3 Å². The minimum atomic E-state index is -0.269. The molecule has 3 rings (SSSR count). The number of carbonyl (C=O) groups excluding carboxylic acids is 1. The summed E-state index contributed by atoms with van der Waals surface area (Å²) >= 11 is 0. The minimum absolute atomic E-state index is 0.000253. The van der Waals surface area contributed by atoms with Crippen molar-refractivity contribution in [2.24, 2.45) is 0 Å². The van der Waals surface area contributed by atoms with Crippen molar-refractivity contribution in [1.82, 2.24) is 9.78 Å². The Morgan fingerprint density at radius 2 is 1.81 bits per heavy atom. The predicted octanol–water partition coefficient (Wildman–Crippen LogP) is 2.65. The molecule has 0 atom stereocenters. The maximum atomic E-state index is 11.7. The Morgan fingerprint density at radius 1 is 1.05 bits per heavy atom. The maximum Gasteiger partial charge on any atom is 0.267 e. The Labute approximate surface area is 121 Å². The fourth-order valence-corrected chi connectivity index (χ4v) is 2.28. The molecule has 104 valence electrons. The van der Waals surface area contributed by atoms with Gasteiger partial charge in [0.25, 0.3) is 5.56 Å². The van der Waals surface area contributed by atoms with Crippen molar-refractivity contribution in [1.29, 1.82) is 0 Å². The van der Waals surface area contributed by atoms with Crippen LogP contribution in [0.5, 0.6) is 0 Å². The van der Waals surface area contributed by atoms with Crippen LogP contribution in [0.1, 0.15) is 6.92 Å². The summed E-state index contributed by atoms with van der Waals surface area (Å²) in [5.74, 6) is -0.0970. The van der Waals surface area contributed by atoms with Gasteiger partial charge in [0.1, 0.15) is 6.54 Å². The van der Waals surface area contributed by atoms with E-state index in [2.05, 4.69) is 5.10 Å². The van der Waals surface area contributed by atoms with Gasteiger partial charge >= 0.3 is 0 Å². The molecule has 0 radical (unpaired) electrons. The summed E-state index contributed by atoms with van der Waals surface area (Å²) in [7, 11) is 0. The van der Waals surface area contributed by atoms with Crippen LogP contribution in [-0.4, -0.2) is 15.6 Å². The molecule has 0 fully saturated rings. The summed E-state index contributed by atoms with van der Waals surface area (Å²) in [6, 6.07) is 17.2. The van der Waals surface area contributed by atoms with E-state index in [4.69, 9.17) is 0 Å². The molecule has 1 aromatic heterocycles. The molecule has 1 heterocycles. The molecular formula is C17H14N2O2. The molecular weight excluding hydrogens is 264 g/mol. The zero-order valence-corrected chi connectivity index (χ0v) is 11.6. The average Bonchev–Trinajstić information content (AvgIpc) is 2.48. The first-order valence-electron chi connectivity index (χ1n) is 6.70. The number of benzene rings is 2. The van der Waals surface area contributed by atoms with Gasteiger partial charge in [-0.3, -0.25) is 9.59 Å². The van der Waals surface area contributed by atoms with Gasteiger partial charge in [0.2, 0.25) is 0 Å². The van der Waals surface area contributed by atoms with E-state index < -0.39 is 0 Å². The molecule has 0 bridgehead atoms. The Balaban J connectivity index is 2.09. The first-order chi connectivity index (χ1) is 10.1. The van der Waals surface area contributed by atoms with Crippen LogP contribution in [0.4, 0.5) is 0 Å². The number of fused-ring (bicyclic) bond motifs is 1. The highest BCUT2D eigenvalue weighted by atomic mass is 16.1. The summed E-state index contributed by atoms with van der Waals surface area (Å²) in [4.78, 5) is 22.9. The summed E-state index contributed by atoms with van der Waals surface area (Å²) in [5, 5.41) is 6.54. The fourth-order valence-electron chi connectivity index (χ4n) is 2.28. The third kappa shape index (κ3) is 2.74. The van der Waals surface area contributed by atoms with E-state index in [9.17, 15) is 9.59 Å². The van der Waals surface area contributed by atoms with Gasteiger partial charge in [-0.15, -0.1) is 0 Å². The highest BCUT2D eigenvalue weighted by Crippen LogP contribution is 2.22. The standard InChI is InChI=1S/C17H14N2O2/c1-12(20)11-19-17(21)9-8-16(18-19)15-7-6-13-4-2-3-5-14(13)10-15/h2-10H,11H2,1H3. The largest absolute Gasteiger partial charge is 0.298 e. The second-order valence-corrected chi connectivity index (χ2v) is 4.98. The Hall–Kier alpha value is -2.75. The first-order valence-corrected chi connectivity index (χ1v) is 6.70. The Morgan fingerprint density at radius 3 is 2.57 bits per heavy atom. The number of rotatable bonds is 3. The van der Waals surface area contributed by atoms with Crippen LogP contribution in [0.2, 0.25) is 0 Å². The van der Waals surface area contributed by atoms with Gasteiger partial charge in [0.05, 0.1) is 5.69 Å². The van der Waals surface area contributed by atoms with Crippen molar-refractivity contribution < 1.29 is 4.79 Å². The number of nitrogens with zero attached hydrogens (tertiary/aromatic N) is 2. The Kier molecular flexibility index (Phi) is 3.36. The summed E-state index contributed by atoms with van der Waals surface area (Å²) in [5.41, 5.74) is 1.34. The highest BCUT2D eigenvalue weighted by molar-refractivity contribution is 5.86. The molecule has 0 aliphatic rings. The first kappa shape index (κ1) is 13.2. The maximum absolute atomic E-state index is 11.7. The number of ketones is 1. The average molecular weight is 278 g/mol. The van der Waals surface area contributed by atoms with E-state index in [1.807, 2.05) is 42.5 Å². The predicted molar refractivity (Wildman–Crippen MR) is 82.1 cm³/mol. The quantitative estimate of drug-likeness (QED) is 0.740. The molecule has 21 heavy (non-hydrogen) atoms. The van der Waals surface area contributed by atoms with Crippen molar-refractivity contribution in [2.75, 3.05) is 0 Å². The molecule has 0 spiro atoms. The molecule has 0 amide bonds. The number of Topliss-reactive ketones (excluding diaryl/α,β-unsaturated/α-hetero) is 1. The lowest BCUT2D eigenvalue weighted by Crippen LogP contribution is -2.25. The van der Waals surface area contributed by atoms with Crippen molar-refractivity contribution in [3.63, 3.8) is 0 Å². The van der Waals surface area contributed by atoms with Gasteiger partial charge in [-0.05, 0) is 29.8 Å². The SMILES string of the molecule is CC(=O)Cn1nc(-c2ccc3ccccc3c2)ccc1=O. The normalized spacial score (nSPS) is 10.7. The summed E-state index contributed by atoms with van der Waals surface area (Å²) in [6.07, 6.45) is 0. The van der Waals surface area contributed by atoms with Crippen LogP contribution in [0, 0.1) is 0 Å². The molecule has 0 N–H and O–H groups in total. The molecule has 0 saturated heterocycles. The summed E-state index contributed by atoms with van der Waals surface area (Å²) < 4.78 is 1.20. The lowest BCUT2D eigenvalue weighted by Gasteiger charge is -2.06. The van der Waals surface area contributed by atoms with Gasteiger partial charge in [0, 0.05) is 11.6 Å². The lowest BCUT2D eigenvalue weighted by atomic mass is 10.1.